The molecule has 116 valence electrons. The fourth-order valence-corrected chi connectivity index (χ4v) is 2.62. The van der Waals surface area contributed by atoms with E-state index >= 15 is 0 Å². The molecule has 0 fully saturated rings. The van der Waals surface area contributed by atoms with Crippen LogP contribution in [0, 0.1) is 10.1 Å². The second-order valence-corrected chi connectivity index (χ2v) is 5.09. The van der Waals surface area contributed by atoms with Crippen molar-refractivity contribution in [3.05, 3.63) is 64.2 Å². The largest absolute Gasteiger partial charge is 0.481 e. The highest BCUT2D eigenvalue weighted by Crippen LogP contribution is 2.40. The smallest absolute Gasteiger partial charge is 0.442 e. The Morgan fingerprint density at radius 2 is 1.87 bits per heavy atom. The predicted octanol–water partition coefficient (Wildman–Crippen LogP) is 4.03. The third-order valence-corrected chi connectivity index (χ3v) is 3.62. The van der Waals surface area contributed by atoms with Crippen LogP contribution in [0.25, 0.3) is 22.1 Å². The lowest BCUT2D eigenvalue weighted by Gasteiger charge is -2.00. The van der Waals surface area contributed by atoms with E-state index in [1.54, 1.807) is 42.5 Å². The van der Waals surface area contributed by atoms with Crippen molar-refractivity contribution in [2.75, 3.05) is 0 Å². The first kappa shape index (κ1) is 14.8. The molecule has 0 radical (unpaired) electrons. The van der Waals surface area contributed by atoms with Crippen molar-refractivity contribution in [1.29, 1.82) is 0 Å². The first-order valence-corrected chi connectivity index (χ1v) is 7.04. The highest BCUT2D eigenvalue weighted by atomic mass is 16.6. The summed E-state index contributed by atoms with van der Waals surface area (Å²) < 4.78 is 5.49. The summed E-state index contributed by atoms with van der Waals surface area (Å²) in [6.45, 7) is 0. The number of hydrogen-bond acceptors (Lipinski definition) is 4. The van der Waals surface area contributed by atoms with Crippen LogP contribution in [0.1, 0.15) is 12.0 Å². The van der Waals surface area contributed by atoms with Crippen molar-refractivity contribution in [3.8, 4) is 11.1 Å². The van der Waals surface area contributed by atoms with E-state index in [4.69, 9.17) is 9.52 Å². The van der Waals surface area contributed by atoms with Gasteiger partial charge in [-0.3, -0.25) is 14.9 Å². The van der Waals surface area contributed by atoms with E-state index in [9.17, 15) is 14.9 Å². The Balaban J connectivity index is 2.22. The summed E-state index contributed by atoms with van der Waals surface area (Å²) in [7, 11) is 0. The standard InChI is InChI=1S/C17H13NO5/c19-14(20)10-9-12-7-4-8-13-15(11-5-2-1-3-6-11)17(18(21)22)23-16(12)13/h1-8H,9-10H2,(H,19,20). The lowest BCUT2D eigenvalue weighted by atomic mass is 10.0. The summed E-state index contributed by atoms with van der Waals surface area (Å²) in [6, 6.07) is 14.2. The Kier molecular flexibility index (Phi) is 3.80. The number of aryl methyl sites for hydroxylation is 1. The highest BCUT2D eigenvalue weighted by Gasteiger charge is 2.26. The van der Waals surface area contributed by atoms with Gasteiger partial charge in [-0.05, 0) is 17.5 Å². The Labute approximate surface area is 131 Å². The zero-order valence-corrected chi connectivity index (χ0v) is 12.1. The van der Waals surface area contributed by atoms with E-state index in [1.165, 1.54) is 0 Å². The predicted molar refractivity (Wildman–Crippen MR) is 84.3 cm³/mol. The molecule has 0 saturated heterocycles. The summed E-state index contributed by atoms with van der Waals surface area (Å²) in [5, 5.41) is 20.8. The lowest BCUT2D eigenvalue weighted by Crippen LogP contribution is -1.97. The SMILES string of the molecule is O=C(O)CCc1cccc2c(-c3ccccc3)c([N+](=O)[O-])oc12. The van der Waals surface area contributed by atoms with E-state index < -0.39 is 10.9 Å². The maximum Gasteiger partial charge on any atom is 0.442 e. The van der Waals surface area contributed by atoms with E-state index in [0.717, 1.165) is 0 Å². The van der Waals surface area contributed by atoms with Gasteiger partial charge in [0.05, 0.1) is 0 Å². The van der Waals surface area contributed by atoms with Crippen LogP contribution in [0.3, 0.4) is 0 Å². The van der Waals surface area contributed by atoms with E-state index in [-0.39, 0.29) is 18.7 Å². The lowest BCUT2D eigenvalue weighted by molar-refractivity contribution is -0.400. The summed E-state index contributed by atoms with van der Waals surface area (Å²) in [5.74, 6) is -1.25. The Bertz CT molecular complexity index is 883. The van der Waals surface area contributed by atoms with Crippen LogP contribution in [0.4, 0.5) is 5.88 Å². The van der Waals surface area contributed by atoms with E-state index in [0.29, 0.717) is 27.7 Å². The molecule has 3 aromatic rings. The Morgan fingerprint density at radius 1 is 1.13 bits per heavy atom. The topological polar surface area (TPSA) is 93.6 Å². The van der Waals surface area contributed by atoms with Crippen molar-refractivity contribution in [3.63, 3.8) is 0 Å². The number of para-hydroxylation sites is 1. The normalized spacial score (nSPS) is 10.8. The molecular weight excluding hydrogens is 298 g/mol. The molecule has 0 amide bonds. The molecule has 0 saturated carbocycles. The molecule has 3 rings (SSSR count). The van der Waals surface area contributed by atoms with Gasteiger partial charge in [0.1, 0.15) is 16.1 Å². The third kappa shape index (κ3) is 2.78. The average molecular weight is 311 g/mol. The number of carboxylic acids is 1. The molecule has 1 heterocycles. The van der Waals surface area contributed by atoms with Crippen molar-refractivity contribution in [2.24, 2.45) is 0 Å². The van der Waals surface area contributed by atoms with Crippen molar-refractivity contribution < 1.29 is 19.2 Å². The number of nitrogens with zero attached hydrogens (tertiary/aromatic N) is 1. The van der Waals surface area contributed by atoms with Crippen LogP contribution >= 0.6 is 0 Å². The first-order valence-electron chi connectivity index (χ1n) is 7.04. The van der Waals surface area contributed by atoms with Crippen LogP contribution in [-0.4, -0.2) is 16.0 Å². The molecule has 1 aromatic heterocycles. The minimum atomic E-state index is -0.925. The van der Waals surface area contributed by atoms with Gasteiger partial charge in [-0.1, -0.05) is 48.5 Å². The van der Waals surface area contributed by atoms with Gasteiger partial charge in [0.15, 0.2) is 0 Å². The molecule has 0 aliphatic carbocycles. The van der Waals surface area contributed by atoms with Gasteiger partial charge in [-0.25, -0.2) is 0 Å². The molecule has 1 N–H and O–H groups in total. The number of rotatable bonds is 5. The number of fused-ring (bicyclic) bond motifs is 1. The van der Waals surface area contributed by atoms with E-state index in [1.807, 2.05) is 6.07 Å². The van der Waals surface area contributed by atoms with Gasteiger partial charge in [-0.2, -0.15) is 0 Å². The van der Waals surface area contributed by atoms with Crippen LogP contribution in [0.5, 0.6) is 0 Å². The minimum absolute atomic E-state index is 0.0612. The number of aliphatic carboxylic acids is 1. The highest BCUT2D eigenvalue weighted by molar-refractivity contribution is 6.00. The molecule has 0 aliphatic heterocycles. The minimum Gasteiger partial charge on any atom is -0.481 e. The number of carbonyl (C=O) groups is 1. The van der Waals surface area contributed by atoms with Crippen LogP contribution in [0.15, 0.2) is 52.9 Å². The number of nitro groups is 1. The van der Waals surface area contributed by atoms with Crippen molar-refractivity contribution >= 4 is 22.8 Å². The molecule has 0 atom stereocenters. The summed E-state index contributed by atoms with van der Waals surface area (Å²) >= 11 is 0. The van der Waals surface area contributed by atoms with Gasteiger partial charge in [0.2, 0.25) is 0 Å². The van der Waals surface area contributed by atoms with Crippen LogP contribution in [0.2, 0.25) is 0 Å². The number of furan rings is 1. The number of hydrogen-bond donors (Lipinski definition) is 1. The van der Waals surface area contributed by atoms with Gasteiger partial charge < -0.3 is 9.52 Å². The fourth-order valence-electron chi connectivity index (χ4n) is 2.62. The maximum absolute atomic E-state index is 11.4. The summed E-state index contributed by atoms with van der Waals surface area (Å²) in [6.07, 6.45) is 0.194. The summed E-state index contributed by atoms with van der Waals surface area (Å²) in [4.78, 5) is 21.6. The maximum atomic E-state index is 11.4. The third-order valence-electron chi connectivity index (χ3n) is 3.62. The van der Waals surface area contributed by atoms with Gasteiger partial charge in [0, 0.05) is 11.8 Å². The molecular formula is C17H13NO5. The van der Waals surface area contributed by atoms with Crippen molar-refractivity contribution in [2.45, 2.75) is 12.8 Å². The number of benzene rings is 2. The van der Waals surface area contributed by atoms with Crippen LogP contribution in [-0.2, 0) is 11.2 Å². The number of carboxylic acid groups (broad SMARTS) is 1. The Hall–Kier alpha value is -3.15. The van der Waals surface area contributed by atoms with Crippen LogP contribution < -0.4 is 0 Å². The second kappa shape index (κ2) is 5.92. The second-order valence-electron chi connectivity index (χ2n) is 5.09. The van der Waals surface area contributed by atoms with Crippen molar-refractivity contribution in [1.82, 2.24) is 0 Å². The zero-order chi connectivity index (χ0) is 16.4. The Morgan fingerprint density at radius 3 is 2.52 bits per heavy atom. The molecule has 0 aliphatic rings. The first-order chi connectivity index (χ1) is 11.1. The molecule has 6 nitrogen and oxygen atoms in total. The van der Waals surface area contributed by atoms with E-state index in [2.05, 4.69) is 0 Å². The molecule has 0 bridgehead atoms. The average Bonchev–Trinajstić information content (AvgIpc) is 2.94. The molecule has 0 spiro atoms. The van der Waals surface area contributed by atoms with Gasteiger partial charge in [-0.15, -0.1) is 0 Å². The molecule has 2 aromatic carbocycles. The summed E-state index contributed by atoms with van der Waals surface area (Å²) in [5.41, 5.74) is 2.13. The molecule has 0 unspecified atom stereocenters. The van der Waals surface area contributed by atoms with Gasteiger partial charge in [0.25, 0.3) is 0 Å². The monoisotopic (exact) mass is 311 g/mol. The molecule has 6 heteroatoms. The van der Waals surface area contributed by atoms with Gasteiger partial charge >= 0.3 is 11.9 Å². The quantitative estimate of drug-likeness (QED) is 0.567. The zero-order valence-electron chi connectivity index (χ0n) is 12.1. The molecule has 23 heavy (non-hydrogen) atoms. The fraction of sp³-hybridized carbons (Fsp3) is 0.118.